The number of amides is 1. The van der Waals surface area contributed by atoms with Crippen LogP contribution in [0.15, 0.2) is 36.5 Å². The lowest BCUT2D eigenvalue weighted by molar-refractivity contribution is 0.0793. The smallest absolute Gasteiger partial charge is 0.272 e. The molecular formula is C17H20ClN3O2. The monoisotopic (exact) mass is 333 g/mol. The normalized spacial score (nSPS) is 16.4. The van der Waals surface area contributed by atoms with Gasteiger partial charge < -0.3 is 15.4 Å². The second-order valence-electron chi connectivity index (χ2n) is 5.85. The summed E-state index contributed by atoms with van der Waals surface area (Å²) in [6.07, 6.45) is 3.01. The fourth-order valence-electron chi connectivity index (χ4n) is 2.79. The molecule has 0 aliphatic carbocycles. The molecule has 1 aromatic carbocycles. The van der Waals surface area contributed by atoms with Gasteiger partial charge in [-0.1, -0.05) is 29.8 Å². The average Bonchev–Trinajstić information content (AvgIpc) is 2.98. The number of halogens is 1. The Morgan fingerprint density at radius 3 is 2.78 bits per heavy atom. The van der Waals surface area contributed by atoms with Gasteiger partial charge in [-0.15, -0.1) is 0 Å². The number of aromatic nitrogens is 1. The second kappa shape index (κ2) is 7.17. The van der Waals surface area contributed by atoms with Crippen LogP contribution >= 0.6 is 11.6 Å². The predicted octanol–water partition coefficient (Wildman–Crippen LogP) is 2.88. The third-order valence-corrected chi connectivity index (χ3v) is 4.33. The number of aliphatic hydroxyl groups excluding tert-OH is 1. The summed E-state index contributed by atoms with van der Waals surface area (Å²) < 4.78 is 0. The van der Waals surface area contributed by atoms with E-state index in [0.29, 0.717) is 10.7 Å². The van der Waals surface area contributed by atoms with Gasteiger partial charge in [0.1, 0.15) is 5.69 Å². The molecule has 3 rings (SSSR count). The standard InChI is InChI=1S/C17H20ClN3O2/c18-13-9-16(19-10-13)17(23)20-15-4-2-1-3-12(15)11-21-7-5-14(22)6-8-21/h1-4,9-10,14,19,22H,5-8,11H2,(H,20,23). The third kappa shape index (κ3) is 4.13. The first-order valence-electron chi connectivity index (χ1n) is 7.75. The summed E-state index contributed by atoms with van der Waals surface area (Å²) in [6, 6.07) is 9.39. The lowest BCUT2D eigenvalue weighted by Gasteiger charge is -2.30. The first-order valence-corrected chi connectivity index (χ1v) is 8.13. The van der Waals surface area contributed by atoms with Gasteiger partial charge in [0.25, 0.3) is 5.91 Å². The van der Waals surface area contributed by atoms with E-state index >= 15 is 0 Å². The Balaban J connectivity index is 1.69. The number of para-hydroxylation sites is 1. The molecule has 0 bridgehead atoms. The molecule has 1 aliphatic rings. The van der Waals surface area contributed by atoms with E-state index < -0.39 is 0 Å². The fourth-order valence-corrected chi connectivity index (χ4v) is 2.95. The Morgan fingerprint density at radius 1 is 1.35 bits per heavy atom. The van der Waals surface area contributed by atoms with Crippen molar-refractivity contribution in [3.05, 3.63) is 52.8 Å². The topological polar surface area (TPSA) is 68.4 Å². The van der Waals surface area contributed by atoms with Crippen LogP contribution in [0.3, 0.4) is 0 Å². The minimum atomic E-state index is -0.210. The molecular weight excluding hydrogens is 314 g/mol. The van der Waals surface area contributed by atoms with E-state index in [0.717, 1.165) is 43.7 Å². The lowest BCUT2D eigenvalue weighted by Crippen LogP contribution is -2.35. The van der Waals surface area contributed by atoms with Crippen molar-refractivity contribution in [2.24, 2.45) is 0 Å². The van der Waals surface area contributed by atoms with Gasteiger partial charge in [-0.3, -0.25) is 9.69 Å². The van der Waals surface area contributed by atoms with Crippen molar-refractivity contribution in [1.29, 1.82) is 0 Å². The SMILES string of the molecule is O=C(Nc1ccccc1CN1CCC(O)CC1)c1cc(Cl)c[nH]1. The summed E-state index contributed by atoms with van der Waals surface area (Å²) in [4.78, 5) is 17.4. The van der Waals surface area contributed by atoms with Crippen LogP contribution in [0.2, 0.25) is 5.02 Å². The molecule has 0 atom stereocenters. The van der Waals surface area contributed by atoms with Crippen LogP contribution in [0.1, 0.15) is 28.9 Å². The Kier molecular flexibility index (Phi) is 5.00. The van der Waals surface area contributed by atoms with E-state index in [9.17, 15) is 9.90 Å². The summed E-state index contributed by atoms with van der Waals surface area (Å²) in [7, 11) is 0. The number of nitrogens with zero attached hydrogens (tertiary/aromatic N) is 1. The molecule has 1 aromatic heterocycles. The highest BCUT2D eigenvalue weighted by atomic mass is 35.5. The van der Waals surface area contributed by atoms with Gasteiger partial charge in [0.2, 0.25) is 0 Å². The highest BCUT2D eigenvalue weighted by molar-refractivity contribution is 6.31. The molecule has 0 saturated carbocycles. The molecule has 5 nitrogen and oxygen atoms in total. The Labute approximate surface area is 140 Å². The van der Waals surface area contributed by atoms with E-state index in [1.165, 1.54) is 0 Å². The van der Waals surface area contributed by atoms with Crippen molar-refractivity contribution >= 4 is 23.2 Å². The van der Waals surface area contributed by atoms with Crippen molar-refractivity contribution in [2.75, 3.05) is 18.4 Å². The highest BCUT2D eigenvalue weighted by Crippen LogP contribution is 2.21. The van der Waals surface area contributed by atoms with E-state index in [2.05, 4.69) is 15.2 Å². The Morgan fingerprint density at radius 2 is 2.09 bits per heavy atom. The number of nitrogens with one attached hydrogen (secondary N) is 2. The van der Waals surface area contributed by atoms with Crippen molar-refractivity contribution in [3.63, 3.8) is 0 Å². The maximum atomic E-state index is 12.3. The zero-order valence-corrected chi connectivity index (χ0v) is 13.5. The maximum Gasteiger partial charge on any atom is 0.272 e. The highest BCUT2D eigenvalue weighted by Gasteiger charge is 2.18. The van der Waals surface area contributed by atoms with Crippen molar-refractivity contribution < 1.29 is 9.90 Å². The number of piperidine rings is 1. The summed E-state index contributed by atoms with van der Waals surface area (Å²) in [5, 5.41) is 13.0. The molecule has 0 unspecified atom stereocenters. The number of hydrogen-bond donors (Lipinski definition) is 3. The van der Waals surface area contributed by atoms with Gasteiger partial charge in [0.05, 0.1) is 11.1 Å². The van der Waals surface area contributed by atoms with Gasteiger partial charge in [-0.05, 0) is 30.5 Å². The molecule has 1 amide bonds. The number of likely N-dealkylation sites (tertiary alicyclic amines) is 1. The van der Waals surface area contributed by atoms with E-state index in [1.807, 2.05) is 24.3 Å². The van der Waals surface area contributed by atoms with Crippen LogP contribution in [0.5, 0.6) is 0 Å². The molecule has 0 radical (unpaired) electrons. The van der Waals surface area contributed by atoms with E-state index in [4.69, 9.17) is 11.6 Å². The van der Waals surface area contributed by atoms with Crippen LogP contribution in [0.25, 0.3) is 0 Å². The first-order chi connectivity index (χ1) is 11.1. The number of rotatable bonds is 4. The minimum Gasteiger partial charge on any atom is -0.393 e. The summed E-state index contributed by atoms with van der Waals surface area (Å²) in [5.74, 6) is -0.210. The van der Waals surface area contributed by atoms with Crippen molar-refractivity contribution in [2.45, 2.75) is 25.5 Å². The quantitative estimate of drug-likeness (QED) is 0.806. The third-order valence-electron chi connectivity index (χ3n) is 4.11. The predicted molar refractivity (Wildman–Crippen MR) is 90.7 cm³/mol. The summed E-state index contributed by atoms with van der Waals surface area (Å²) in [5.41, 5.74) is 2.30. The lowest BCUT2D eigenvalue weighted by atomic mass is 10.1. The molecule has 6 heteroatoms. The minimum absolute atomic E-state index is 0.182. The summed E-state index contributed by atoms with van der Waals surface area (Å²) in [6.45, 7) is 2.50. The first kappa shape index (κ1) is 16.1. The van der Waals surface area contributed by atoms with Gasteiger partial charge in [-0.25, -0.2) is 0 Å². The van der Waals surface area contributed by atoms with Gasteiger partial charge >= 0.3 is 0 Å². The van der Waals surface area contributed by atoms with Crippen LogP contribution < -0.4 is 5.32 Å². The molecule has 122 valence electrons. The number of aromatic amines is 1. The molecule has 3 N–H and O–H groups in total. The number of H-pyrrole nitrogens is 1. The maximum absolute atomic E-state index is 12.3. The number of hydrogen-bond acceptors (Lipinski definition) is 3. The molecule has 2 aromatic rings. The van der Waals surface area contributed by atoms with Crippen molar-refractivity contribution in [3.8, 4) is 0 Å². The van der Waals surface area contributed by atoms with Gasteiger partial charge in [-0.2, -0.15) is 0 Å². The molecule has 1 saturated heterocycles. The van der Waals surface area contributed by atoms with E-state index in [-0.39, 0.29) is 12.0 Å². The zero-order chi connectivity index (χ0) is 16.2. The van der Waals surface area contributed by atoms with Crippen LogP contribution in [0.4, 0.5) is 5.69 Å². The largest absolute Gasteiger partial charge is 0.393 e. The van der Waals surface area contributed by atoms with Crippen LogP contribution in [-0.4, -0.2) is 40.1 Å². The number of carbonyl (C=O) groups excluding carboxylic acids is 1. The van der Waals surface area contributed by atoms with Crippen LogP contribution in [-0.2, 0) is 6.54 Å². The average molecular weight is 334 g/mol. The summed E-state index contributed by atoms with van der Waals surface area (Å²) >= 11 is 5.84. The van der Waals surface area contributed by atoms with Gasteiger partial charge in [0, 0.05) is 31.5 Å². The zero-order valence-electron chi connectivity index (χ0n) is 12.8. The number of anilines is 1. The second-order valence-corrected chi connectivity index (χ2v) is 6.29. The van der Waals surface area contributed by atoms with Crippen LogP contribution in [0, 0.1) is 0 Å². The van der Waals surface area contributed by atoms with Crippen molar-refractivity contribution in [1.82, 2.24) is 9.88 Å². The van der Waals surface area contributed by atoms with E-state index in [1.54, 1.807) is 12.3 Å². The molecule has 1 fully saturated rings. The fraction of sp³-hybridized carbons (Fsp3) is 0.353. The molecule has 23 heavy (non-hydrogen) atoms. The molecule has 1 aliphatic heterocycles. The number of benzene rings is 1. The number of aliphatic hydroxyl groups is 1. The Bertz CT molecular complexity index is 678. The Hall–Kier alpha value is -1.82. The number of carbonyl (C=O) groups is 1. The molecule has 0 spiro atoms. The molecule has 2 heterocycles. The van der Waals surface area contributed by atoms with Gasteiger partial charge in [0.15, 0.2) is 0 Å².